The van der Waals surface area contributed by atoms with Crippen molar-refractivity contribution in [3.63, 3.8) is 0 Å². The molecule has 0 spiro atoms. The summed E-state index contributed by atoms with van der Waals surface area (Å²) in [4.78, 5) is 8.87. The minimum Gasteiger partial charge on any atom is -0.497 e. The Balaban J connectivity index is 1.44. The van der Waals surface area contributed by atoms with Crippen LogP contribution in [-0.4, -0.2) is 32.0 Å². The van der Waals surface area contributed by atoms with Gasteiger partial charge in [-0.25, -0.2) is 14.4 Å². The molecule has 0 radical (unpaired) electrons. The highest BCUT2D eigenvalue weighted by Crippen LogP contribution is 2.28. The number of benzene rings is 2. The van der Waals surface area contributed by atoms with Crippen molar-refractivity contribution in [1.82, 2.24) is 24.9 Å². The van der Waals surface area contributed by atoms with E-state index in [0.29, 0.717) is 45.6 Å². The summed E-state index contributed by atoms with van der Waals surface area (Å²) < 4.78 is 26.2. The lowest BCUT2D eigenvalue weighted by Crippen LogP contribution is -2.07. The fourth-order valence-electron chi connectivity index (χ4n) is 3.65. The van der Waals surface area contributed by atoms with E-state index in [4.69, 9.17) is 15.0 Å². The molecule has 3 aromatic heterocycles. The number of ether oxygens (including phenoxy) is 1. The molecule has 10 heteroatoms. The van der Waals surface area contributed by atoms with E-state index < -0.39 is 0 Å². The van der Waals surface area contributed by atoms with Crippen LogP contribution >= 0.6 is 0 Å². The van der Waals surface area contributed by atoms with Crippen molar-refractivity contribution >= 4 is 17.2 Å². The largest absolute Gasteiger partial charge is 0.497 e. The summed E-state index contributed by atoms with van der Waals surface area (Å²) in [6, 6.07) is 17.5. The second kappa shape index (κ2) is 9.71. The Morgan fingerprint density at radius 3 is 2.75 bits per heavy atom. The molecule has 0 bridgehead atoms. The molecule has 180 valence electrons. The number of nitrogen functional groups attached to an aromatic ring is 1. The molecule has 0 aliphatic carbocycles. The highest BCUT2D eigenvalue weighted by molar-refractivity contribution is 5.80. The van der Waals surface area contributed by atoms with Crippen LogP contribution in [0.1, 0.15) is 11.1 Å². The lowest BCUT2D eigenvalue weighted by Gasteiger charge is -2.12. The van der Waals surface area contributed by atoms with E-state index >= 15 is 0 Å². The number of hydrogen-bond donors (Lipinski definition) is 2. The number of anilines is 2. The van der Waals surface area contributed by atoms with Crippen molar-refractivity contribution in [1.29, 1.82) is 0 Å². The molecule has 0 aliphatic rings. The molecule has 0 amide bonds. The Kier molecular flexibility index (Phi) is 6.14. The Morgan fingerprint density at radius 1 is 1.14 bits per heavy atom. The molecule has 5 rings (SSSR count). The van der Waals surface area contributed by atoms with E-state index in [0.717, 1.165) is 5.56 Å². The Morgan fingerprint density at radius 2 is 2.00 bits per heavy atom. The van der Waals surface area contributed by atoms with Crippen molar-refractivity contribution in [2.24, 2.45) is 0 Å². The Bertz CT molecular complexity index is 1530. The molecular formula is C26H22FN7O2. The van der Waals surface area contributed by atoms with Crippen LogP contribution < -0.4 is 15.8 Å². The van der Waals surface area contributed by atoms with Crippen molar-refractivity contribution in [3.8, 4) is 28.7 Å². The third-order valence-corrected chi connectivity index (χ3v) is 5.51. The van der Waals surface area contributed by atoms with Crippen LogP contribution in [0, 0.1) is 5.82 Å². The topological polar surface area (TPSA) is 117 Å². The van der Waals surface area contributed by atoms with E-state index in [9.17, 15) is 4.39 Å². The highest BCUT2D eigenvalue weighted by Gasteiger charge is 2.18. The molecule has 0 atom stereocenters. The maximum atomic E-state index is 14.3. The van der Waals surface area contributed by atoms with Gasteiger partial charge in [-0.1, -0.05) is 42.1 Å². The van der Waals surface area contributed by atoms with Gasteiger partial charge in [0.2, 0.25) is 0 Å². The van der Waals surface area contributed by atoms with Crippen LogP contribution in [0.2, 0.25) is 0 Å². The number of halogens is 1. The summed E-state index contributed by atoms with van der Waals surface area (Å²) in [5, 5.41) is 11.8. The molecule has 0 saturated heterocycles. The number of aromatic nitrogens is 5. The number of nitrogens with one attached hydrogen (secondary N) is 1. The van der Waals surface area contributed by atoms with Gasteiger partial charge in [-0.3, -0.25) is 4.68 Å². The van der Waals surface area contributed by atoms with Gasteiger partial charge < -0.3 is 20.3 Å². The summed E-state index contributed by atoms with van der Waals surface area (Å²) >= 11 is 0. The molecule has 36 heavy (non-hydrogen) atoms. The number of hydrogen-bond acceptors (Lipinski definition) is 8. The average Bonchev–Trinajstić information content (AvgIpc) is 3.57. The van der Waals surface area contributed by atoms with Gasteiger partial charge in [0, 0.05) is 22.9 Å². The fraction of sp³-hybridized carbons (Fsp3) is 0.0769. The van der Waals surface area contributed by atoms with Crippen LogP contribution in [0.5, 0.6) is 5.75 Å². The van der Waals surface area contributed by atoms with E-state index in [-0.39, 0.29) is 18.2 Å². The lowest BCUT2D eigenvalue weighted by atomic mass is 10.1. The van der Waals surface area contributed by atoms with E-state index in [1.807, 2.05) is 24.3 Å². The van der Waals surface area contributed by atoms with Gasteiger partial charge in [-0.2, -0.15) is 5.10 Å². The Labute approximate surface area is 206 Å². The first-order valence-electron chi connectivity index (χ1n) is 11.0. The van der Waals surface area contributed by atoms with Crippen molar-refractivity contribution < 1.29 is 13.7 Å². The summed E-state index contributed by atoms with van der Waals surface area (Å²) in [6.45, 7) is 4.25. The van der Waals surface area contributed by atoms with E-state index in [1.165, 1.54) is 12.3 Å². The zero-order valence-electron chi connectivity index (χ0n) is 19.4. The predicted molar refractivity (Wildman–Crippen MR) is 134 cm³/mol. The van der Waals surface area contributed by atoms with Gasteiger partial charge in [0.1, 0.15) is 29.2 Å². The highest BCUT2D eigenvalue weighted by atomic mass is 19.1. The minimum atomic E-state index is -0.326. The molecule has 2 aromatic carbocycles. The molecule has 0 aliphatic heterocycles. The molecule has 0 fully saturated rings. The van der Waals surface area contributed by atoms with Crippen LogP contribution in [0.4, 0.5) is 15.9 Å². The minimum absolute atomic E-state index is 0.185. The second-order valence-corrected chi connectivity index (χ2v) is 7.88. The third-order valence-electron chi connectivity index (χ3n) is 5.51. The third kappa shape index (κ3) is 4.64. The number of rotatable bonds is 8. The first kappa shape index (κ1) is 22.8. The van der Waals surface area contributed by atoms with Crippen molar-refractivity contribution in [3.05, 3.63) is 96.6 Å². The molecule has 9 nitrogen and oxygen atoms in total. The molecule has 3 heterocycles. The van der Waals surface area contributed by atoms with Crippen LogP contribution in [-0.2, 0) is 6.54 Å². The normalized spacial score (nSPS) is 10.8. The van der Waals surface area contributed by atoms with Gasteiger partial charge >= 0.3 is 0 Å². The lowest BCUT2D eigenvalue weighted by molar-refractivity contribution is 0.414. The predicted octanol–water partition coefficient (Wildman–Crippen LogP) is 4.86. The number of nitrogens with two attached hydrogens (primary N) is 1. The zero-order valence-corrected chi connectivity index (χ0v) is 19.4. The first-order chi connectivity index (χ1) is 17.5. The SMILES string of the molecule is C=C(Nc1cnc(-c2cc(-c3ccon3)n(Cc3ccccc3F)n2)nc1N)c1cccc(OC)c1. The molecule has 0 unspecified atom stereocenters. The second-order valence-electron chi connectivity index (χ2n) is 7.88. The average molecular weight is 484 g/mol. The van der Waals surface area contributed by atoms with Crippen molar-refractivity contribution in [2.75, 3.05) is 18.2 Å². The summed E-state index contributed by atoms with van der Waals surface area (Å²) in [5.41, 5.74) is 10.3. The first-order valence-corrected chi connectivity index (χ1v) is 11.0. The van der Waals surface area contributed by atoms with Crippen molar-refractivity contribution in [2.45, 2.75) is 6.54 Å². The smallest absolute Gasteiger partial charge is 0.182 e. The van der Waals surface area contributed by atoms with Crippen LogP contribution in [0.15, 0.2) is 84.2 Å². The summed E-state index contributed by atoms with van der Waals surface area (Å²) in [5.74, 6) is 0.912. The summed E-state index contributed by atoms with van der Waals surface area (Å²) in [6.07, 6.45) is 3.02. The maximum absolute atomic E-state index is 14.3. The molecule has 5 aromatic rings. The van der Waals surface area contributed by atoms with E-state index in [1.54, 1.807) is 48.3 Å². The van der Waals surface area contributed by atoms with E-state index in [2.05, 4.69) is 32.1 Å². The number of methoxy groups -OCH3 is 1. The fourth-order valence-corrected chi connectivity index (χ4v) is 3.65. The molecular weight excluding hydrogens is 461 g/mol. The van der Waals surface area contributed by atoms with Gasteiger partial charge in [-0.05, 0) is 24.3 Å². The quantitative estimate of drug-likeness (QED) is 0.322. The van der Waals surface area contributed by atoms with Crippen LogP contribution in [0.3, 0.4) is 0 Å². The van der Waals surface area contributed by atoms with Gasteiger partial charge in [0.25, 0.3) is 0 Å². The summed E-state index contributed by atoms with van der Waals surface area (Å²) in [7, 11) is 1.60. The molecule has 0 saturated carbocycles. The number of nitrogens with zero attached hydrogens (tertiary/aromatic N) is 5. The van der Waals surface area contributed by atoms with Gasteiger partial charge in [0.15, 0.2) is 11.6 Å². The maximum Gasteiger partial charge on any atom is 0.182 e. The van der Waals surface area contributed by atoms with Gasteiger partial charge in [0.05, 0.1) is 31.2 Å². The van der Waals surface area contributed by atoms with Crippen LogP contribution in [0.25, 0.3) is 28.6 Å². The van der Waals surface area contributed by atoms with Gasteiger partial charge in [-0.15, -0.1) is 0 Å². The standard InChI is InChI=1S/C26H22FN7O2/c1-16(17-7-5-8-19(12-17)35-2)30-23-14-29-26(31-25(23)28)22-13-24(21-10-11-36-33-21)34(32-22)15-18-6-3-4-9-20(18)27/h3-14,30H,1,15H2,2H3,(H2,28,29,31). The molecule has 3 N–H and O–H groups in total. The zero-order chi connectivity index (χ0) is 25.1. The Hall–Kier alpha value is -4.99. The monoisotopic (exact) mass is 483 g/mol.